The maximum atomic E-state index is 12.1. The summed E-state index contributed by atoms with van der Waals surface area (Å²) in [6.45, 7) is 7.46. The Labute approximate surface area is 137 Å². The van der Waals surface area contributed by atoms with Gasteiger partial charge in [-0.1, -0.05) is 13.8 Å². The average molecular weight is 324 g/mol. The molecule has 0 aliphatic carbocycles. The number of nitrogens with zero attached hydrogens (tertiary/aromatic N) is 1. The molecule has 0 spiro atoms. The third kappa shape index (κ3) is 4.54. The van der Waals surface area contributed by atoms with Gasteiger partial charge in [-0.15, -0.1) is 11.3 Å². The summed E-state index contributed by atoms with van der Waals surface area (Å²) >= 11 is 1.77. The van der Waals surface area contributed by atoms with Crippen LogP contribution in [0.2, 0.25) is 0 Å². The molecule has 0 unspecified atom stereocenters. The van der Waals surface area contributed by atoms with Crippen LogP contribution in [-0.2, 0) is 17.8 Å². The second kappa shape index (κ2) is 8.09. The van der Waals surface area contributed by atoms with Gasteiger partial charge in [0, 0.05) is 16.4 Å². The van der Waals surface area contributed by atoms with Crippen LogP contribution in [-0.4, -0.2) is 42.2 Å². The Hall–Kier alpha value is -0.910. The smallest absolute Gasteiger partial charge is 0.234 e. The first-order valence-corrected chi connectivity index (χ1v) is 9.10. The van der Waals surface area contributed by atoms with E-state index in [9.17, 15) is 9.90 Å². The van der Waals surface area contributed by atoms with Gasteiger partial charge in [-0.25, -0.2) is 0 Å². The van der Waals surface area contributed by atoms with Gasteiger partial charge in [0.05, 0.1) is 13.1 Å². The third-order valence-electron chi connectivity index (χ3n) is 4.89. The molecule has 124 valence electrons. The van der Waals surface area contributed by atoms with E-state index in [1.807, 2.05) is 0 Å². The second-order valence-corrected chi connectivity index (χ2v) is 7.54. The van der Waals surface area contributed by atoms with E-state index in [0.29, 0.717) is 13.1 Å². The Balaban J connectivity index is 1.72. The highest BCUT2D eigenvalue weighted by atomic mass is 32.1. The Morgan fingerprint density at radius 2 is 2.00 bits per heavy atom. The zero-order chi connectivity index (χ0) is 16.0. The zero-order valence-electron chi connectivity index (χ0n) is 13.7. The van der Waals surface area contributed by atoms with Crippen molar-refractivity contribution in [1.82, 2.24) is 10.2 Å². The van der Waals surface area contributed by atoms with E-state index < -0.39 is 0 Å². The highest BCUT2D eigenvalue weighted by Gasteiger charge is 2.32. The molecular formula is C17H28N2O2S. The fourth-order valence-corrected chi connectivity index (χ4v) is 3.86. The van der Waals surface area contributed by atoms with Crippen molar-refractivity contribution in [3.05, 3.63) is 21.9 Å². The molecule has 2 rings (SSSR count). The molecule has 1 fully saturated rings. The lowest BCUT2D eigenvalue weighted by Gasteiger charge is -2.39. The maximum Gasteiger partial charge on any atom is 0.234 e. The molecule has 0 aromatic carbocycles. The minimum atomic E-state index is 0.0838. The van der Waals surface area contributed by atoms with Gasteiger partial charge in [-0.05, 0) is 56.3 Å². The summed E-state index contributed by atoms with van der Waals surface area (Å²) < 4.78 is 0. The predicted octanol–water partition coefficient (Wildman–Crippen LogP) is 2.41. The van der Waals surface area contributed by atoms with Crippen molar-refractivity contribution >= 4 is 17.2 Å². The van der Waals surface area contributed by atoms with Gasteiger partial charge in [-0.3, -0.25) is 9.69 Å². The van der Waals surface area contributed by atoms with Gasteiger partial charge in [0.15, 0.2) is 0 Å². The molecule has 0 bridgehead atoms. The summed E-state index contributed by atoms with van der Waals surface area (Å²) in [7, 11) is 0. The highest BCUT2D eigenvalue weighted by Crippen LogP contribution is 2.33. The van der Waals surface area contributed by atoms with Crippen LogP contribution in [0.4, 0.5) is 0 Å². The molecule has 0 saturated carbocycles. The highest BCUT2D eigenvalue weighted by molar-refractivity contribution is 7.11. The normalized spacial score (nSPS) is 18.3. The number of carbonyl (C=O) groups excluding carboxylic acids is 1. The fourth-order valence-electron chi connectivity index (χ4n) is 2.96. The molecule has 4 nitrogen and oxygen atoms in total. The second-order valence-electron chi connectivity index (χ2n) is 6.29. The number of aryl methyl sites for hydroxylation is 1. The third-order valence-corrected chi connectivity index (χ3v) is 6.12. The van der Waals surface area contributed by atoms with Crippen LogP contribution in [0.5, 0.6) is 0 Å². The number of carbonyl (C=O) groups is 1. The number of aliphatic hydroxyl groups is 1. The minimum Gasteiger partial charge on any atom is -0.396 e. The van der Waals surface area contributed by atoms with Crippen LogP contribution < -0.4 is 5.32 Å². The summed E-state index contributed by atoms with van der Waals surface area (Å²) in [6, 6.07) is 4.23. The standard InChI is InChI=1S/C17H28N2O2S/c1-3-14-5-6-15(22-14)11-18-16(21)12-19-9-7-17(4-2,13-20)8-10-19/h5-6,20H,3-4,7-13H2,1-2H3,(H,18,21). The van der Waals surface area contributed by atoms with E-state index in [0.717, 1.165) is 38.8 Å². The largest absolute Gasteiger partial charge is 0.396 e. The van der Waals surface area contributed by atoms with Gasteiger partial charge in [-0.2, -0.15) is 0 Å². The molecule has 1 amide bonds. The molecule has 1 aliphatic heterocycles. The average Bonchev–Trinajstić information content (AvgIpc) is 3.02. The summed E-state index contributed by atoms with van der Waals surface area (Å²) in [5.74, 6) is 0.0967. The van der Waals surface area contributed by atoms with Crippen molar-refractivity contribution in [2.75, 3.05) is 26.2 Å². The topological polar surface area (TPSA) is 52.6 Å². The van der Waals surface area contributed by atoms with Gasteiger partial charge in [0.1, 0.15) is 0 Å². The van der Waals surface area contributed by atoms with Gasteiger partial charge < -0.3 is 10.4 Å². The Bertz CT molecular complexity index is 473. The van der Waals surface area contributed by atoms with E-state index in [1.165, 1.54) is 9.75 Å². The van der Waals surface area contributed by atoms with Crippen molar-refractivity contribution in [2.24, 2.45) is 5.41 Å². The first kappa shape index (κ1) is 17.4. The van der Waals surface area contributed by atoms with Gasteiger partial charge >= 0.3 is 0 Å². The fraction of sp³-hybridized carbons (Fsp3) is 0.706. The lowest BCUT2D eigenvalue weighted by Crippen LogP contribution is -2.45. The number of hydrogen-bond acceptors (Lipinski definition) is 4. The molecule has 0 radical (unpaired) electrons. The van der Waals surface area contributed by atoms with Crippen LogP contribution in [0.25, 0.3) is 0 Å². The molecule has 22 heavy (non-hydrogen) atoms. The Kier molecular flexibility index (Phi) is 6.41. The SMILES string of the molecule is CCc1ccc(CNC(=O)CN2CCC(CC)(CO)CC2)s1. The van der Waals surface area contributed by atoms with Crippen LogP contribution in [0, 0.1) is 5.41 Å². The lowest BCUT2D eigenvalue weighted by atomic mass is 9.77. The molecule has 1 aliphatic rings. The number of amides is 1. The number of aliphatic hydroxyl groups excluding tert-OH is 1. The molecule has 2 heterocycles. The molecule has 0 atom stereocenters. The first-order valence-electron chi connectivity index (χ1n) is 8.28. The number of piperidine rings is 1. The van der Waals surface area contributed by atoms with Crippen LogP contribution in [0.1, 0.15) is 42.9 Å². The summed E-state index contributed by atoms with van der Waals surface area (Å²) in [4.78, 5) is 16.8. The number of hydrogen-bond donors (Lipinski definition) is 2. The van der Waals surface area contributed by atoms with Crippen molar-refractivity contribution < 1.29 is 9.90 Å². The Morgan fingerprint density at radius 1 is 1.32 bits per heavy atom. The van der Waals surface area contributed by atoms with E-state index in [-0.39, 0.29) is 17.9 Å². The van der Waals surface area contributed by atoms with E-state index >= 15 is 0 Å². The molecule has 1 aromatic heterocycles. The minimum absolute atomic E-state index is 0.0838. The van der Waals surface area contributed by atoms with Gasteiger partial charge in [0.25, 0.3) is 0 Å². The number of nitrogens with one attached hydrogen (secondary N) is 1. The molecule has 1 saturated heterocycles. The number of rotatable bonds is 7. The van der Waals surface area contributed by atoms with Gasteiger partial charge in [0.2, 0.25) is 5.91 Å². The molecule has 5 heteroatoms. The maximum absolute atomic E-state index is 12.1. The number of thiophene rings is 1. The molecular weight excluding hydrogens is 296 g/mol. The number of likely N-dealkylation sites (tertiary alicyclic amines) is 1. The van der Waals surface area contributed by atoms with E-state index in [2.05, 4.69) is 36.2 Å². The zero-order valence-corrected chi connectivity index (χ0v) is 14.5. The summed E-state index contributed by atoms with van der Waals surface area (Å²) in [6.07, 6.45) is 4.04. The molecule has 2 N–H and O–H groups in total. The molecule has 1 aromatic rings. The quantitative estimate of drug-likeness (QED) is 0.810. The lowest BCUT2D eigenvalue weighted by molar-refractivity contribution is -0.123. The van der Waals surface area contributed by atoms with Crippen molar-refractivity contribution in [3.8, 4) is 0 Å². The van der Waals surface area contributed by atoms with Crippen LogP contribution in [0.15, 0.2) is 12.1 Å². The summed E-state index contributed by atoms with van der Waals surface area (Å²) in [5.41, 5.74) is 0.0838. The summed E-state index contributed by atoms with van der Waals surface area (Å²) in [5, 5.41) is 12.6. The van der Waals surface area contributed by atoms with Crippen molar-refractivity contribution in [2.45, 2.75) is 46.1 Å². The first-order chi connectivity index (χ1) is 10.6. The Morgan fingerprint density at radius 3 is 2.55 bits per heavy atom. The van der Waals surface area contributed by atoms with E-state index in [4.69, 9.17) is 0 Å². The van der Waals surface area contributed by atoms with Crippen LogP contribution in [0.3, 0.4) is 0 Å². The predicted molar refractivity (Wildman–Crippen MR) is 91.0 cm³/mol. The van der Waals surface area contributed by atoms with E-state index in [1.54, 1.807) is 11.3 Å². The van der Waals surface area contributed by atoms with Crippen molar-refractivity contribution in [3.63, 3.8) is 0 Å². The monoisotopic (exact) mass is 324 g/mol. The van der Waals surface area contributed by atoms with Crippen molar-refractivity contribution in [1.29, 1.82) is 0 Å². The van der Waals surface area contributed by atoms with Crippen LogP contribution >= 0.6 is 11.3 Å².